The molecule has 1 heterocycles. The van der Waals surface area contributed by atoms with E-state index < -0.39 is 6.10 Å². The summed E-state index contributed by atoms with van der Waals surface area (Å²) in [6.07, 6.45) is 2.99. The first-order valence-electron chi connectivity index (χ1n) is 6.79. The maximum absolute atomic E-state index is 10.5. The van der Waals surface area contributed by atoms with Crippen molar-refractivity contribution >= 4 is 11.6 Å². The van der Waals surface area contributed by atoms with Gasteiger partial charge in [0.05, 0.1) is 6.10 Å². The lowest BCUT2D eigenvalue weighted by molar-refractivity contribution is 0.0979. The Hall–Kier alpha value is -0.570. The fraction of sp³-hybridized carbons (Fsp3) is 0.600. The van der Waals surface area contributed by atoms with Crippen molar-refractivity contribution in [2.45, 2.75) is 45.3 Å². The van der Waals surface area contributed by atoms with Gasteiger partial charge in [0.25, 0.3) is 0 Å². The van der Waals surface area contributed by atoms with Gasteiger partial charge in [-0.05, 0) is 49.4 Å². The highest BCUT2D eigenvalue weighted by molar-refractivity contribution is 6.31. The summed E-state index contributed by atoms with van der Waals surface area (Å²) in [6, 6.07) is 5.99. The zero-order valence-electron chi connectivity index (χ0n) is 11.1. The van der Waals surface area contributed by atoms with E-state index >= 15 is 0 Å². The summed E-state index contributed by atoms with van der Waals surface area (Å²) in [5.41, 5.74) is 1.97. The highest BCUT2D eigenvalue weighted by atomic mass is 35.5. The zero-order valence-corrected chi connectivity index (χ0v) is 11.9. The second kappa shape index (κ2) is 6.05. The maximum Gasteiger partial charge on any atom is 0.0943 e. The lowest BCUT2D eigenvalue weighted by atomic mass is 9.86. The molecule has 1 aromatic carbocycles. The number of piperidine rings is 1. The van der Waals surface area contributed by atoms with Gasteiger partial charge in [-0.2, -0.15) is 0 Å². The van der Waals surface area contributed by atoms with Gasteiger partial charge >= 0.3 is 0 Å². The molecular formula is C15H22ClNO. The maximum atomic E-state index is 10.5. The van der Waals surface area contributed by atoms with Crippen molar-refractivity contribution in [3.63, 3.8) is 0 Å². The molecule has 1 aliphatic rings. The number of nitrogens with one attached hydrogen (secondary N) is 1. The number of aliphatic hydroxyl groups excluding tert-OH is 1. The molecule has 0 spiro atoms. The van der Waals surface area contributed by atoms with Crippen LogP contribution >= 0.6 is 11.6 Å². The molecule has 18 heavy (non-hydrogen) atoms. The molecule has 0 amide bonds. The Morgan fingerprint density at radius 2 is 2.28 bits per heavy atom. The molecule has 3 heteroatoms. The monoisotopic (exact) mass is 267 g/mol. The third-order valence-electron chi connectivity index (χ3n) is 4.04. The van der Waals surface area contributed by atoms with Gasteiger partial charge in [-0.15, -0.1) is 0 Å². The molecule has 2 N–H and O–H groups in total. The summed E-state index contributed by atoms with van der Waals surface area (Å²) >= 11 is 6.12. The number of aryl methyl sites for hydroxylation is 1. The van der Waals surface area contributed by atoms with Crippen LogP contribution in [0.2, 0.25) is 5.02 Å². The quantitative estimate of drug-likeness (QED) is 0.879. The van der Waals surface area contributed by atoms with Crippen LogP contribution in [-0.4, -0.2) is 17.7 Å². The van der Waals surface area contributed by atoms with Crippen LogP contribution in [0.4, 0.5) is 0 Å². The normalized spacial score (nSPS) is 26.0. The number of halogens is 1. The van der Waals surface area contributed by atoms with Gasteiger partial charge in [0.2, 0.25) is 0 Å². The van der Waals surface area contributed by atoms with Crippen molar-refractivity contribution in [3.05, 3.63) is 34.3 Å². The number of benzene rings is 1. The molecule has 1 aromatic rings. The third-order valence-corrected chi connectivity index (χ3v) is 4.45. The first-order chi connectivity index (χ1) is 8.61. The average molecular weight is 268 g/mol. The van der Waals surface area contributed by atoms with Crippen LogP contribution in [0.1, 0.15) is 43.4 Å². The number of hydrogen-bond acceptors (Lipinski definition) is 2. The first-order valence-corrected chi connectivity index (χ1v) is 7.17. The fourth-order valence-electron chi connectivity index (χ4n) is 2.67. The van der Waals surface area contributed by atoms with E-state index in [1.54, 1.807) is 0 Å². The Morgan fingerprint density at radius 1 is 1.50 bits per heavy atom. The second-order valence-corrected chi connectivity index (χ2v) is 5.72. The molecular weight excluding hydrogens is 246 g/mol. The second-order valence-electron chi connectivity index (χ2n) is 5.31. The van der Waals surface area contributed by atoms with Crippen LogP contribution in [0, 0.1) is 12.8 Å². The molecule has 3 unspecified atom stereocenters. The molecule has 0 bridgehead atoms. The molecule has 0 aliphatic carbocycles. The van der Waals surface area contributed by atoms with Gasteiger partial charge in [-0.25, -0.2) is 0 Å². The minimum Gasteiger partial charge on any atom is -0.387 e. The van der Waals surface area contributed by atoms with Crippen molar-refractivity contribution in [2.24, 2.45) is 5.92 Å². The molecule has 1 saturated heterocycles. The molecule has 0 saturated carbocycles. The van der Waals surface area contributed by atoms with E-state index in [0.29, 0.717) is 0 Å². The van der Waals surface area contributed by atoms with Gasteiger partial charge < -0.3 is 10.4 Å². The lowest BCUT2D eigenvalue weighted by Crippen LogP contribution is -2.42. The SMILES string of the molecule is CCC1CCNC(C(O)c2ccc(C)c(Cl)c2)C1. The predicted molar refractivity (Wildman–Crippen MR) is 76.0 cm³/mol. The van der Waals surface area contributed by atoms with E-state index in [1.165, 1.54) is 12.8 Å². The molecule has 100 valence electrons. The van der Waals surface area contributed by atoms with Crippen LogP contribution in [0.5, 0.6) is 0 Å². The van der Waals surface area contributed by atoms with E-state index in [4.69, 9.17) is 11.6 Å². The Labute approximate surface area is 114 Å². The van der Waals surface area contributed by atoms with Crippen LogP contribution in [0.3, 0.4) is 0 Å². The minimum atomic E-state index is -0.461. The number of hydrogen-bond donors (Lipinski definition) is 2. The van der Waals surface area contributed by atoms with Gasteiger partial charge in [-0.1, -0.05) is 37.1 Å². The summed E-state index contributed by atoms with van der Waals surface area (Å²) in [6.45, 7) is 5.20. The lowest BCUT2D eigenvalue weighted by Gasteiger charge is -2.33. The molecule has 1 aliphatic heterocycles. The van der Waals surface area contributed by atoms with Crippen LogP contribution in [0.25, 0.3) is 0 Å². The third kappa shape index (κ3) is 3.05. The average Bonchev–Trinajstić information content (AvgIpc) is 2.41. The van der Waals surface area contributed by atoms with E-state index in [-0.39, 0.29) is 6.04 Å². The van der Waals surface area contributed by atoms with Crippen LogP contribution < -0.4 is 5.32 Å². The van der Waals surface area contributed by atoms with Crippen molar-refractivity contribution in [1.29, 1.82) is 0 Å². The topological polar surface area (TPSA) is 32.3 Å². The van der Waals surface area contributed by atoms with Gasteiger partial charge in [0.15, 0.2) is 0 Å². The van der Waals surface area contributed by atoms with Gasteiger partial charge in [0.1, 0.15) is 0 Å². The van der Waals surface area contributed by atoms with E-state index in [1.807, 2.05) is 25.1 Å². The van der Waals surface area contributed by atoms with Crippen molar-refractivity contribution in [2.75, 3.05) is 6.54 Å². The largest absolute Gasteiger partial charge is 0.387 e. The van der Waals surface area contributed by atoms with Crippen molar-refractivity contribution < 1.29 is 5.11 Å². The summed E-state index contributed by atoms with van der Waals surface area (Å²) < 4.78 is 0. The highest BCUT2D eigenvalue weighted by Crippen LogP contribution is 2.29. The van der Waals surface area contributed by atoms with E-state index in [0.717, 1.165) is 35.0 Å². The molecule has 1 fully saturated rings. The van der Waals surface area contributed by atoms with Crippen molar-refractivity contribution in [1.82, 2.24) is 5.32 Å². The first kappa shape index (κ1) is 13.9. The van der Waals surface area contributed by atoms with Crippen molar-refractivity contribution in [3.8, 4) is 0 Å². The molecule has 2 nitrogen and oxygen atoms in total. The fourth-order valence-corrected chi connectivity index (χ4v) is 2.86. The Bertz CT molecular complexity index is 407. The summed E-state index contributed by atoms with van der Waals surface area (Å²) in [5.74, 6) is 0.729. The van der Waals surface area contributed by atoms with E-state index in [9.17, 15) is 5.11 Å². The highest BCUT2D eigenvalue weighted by Gasteiger charge is 2.27. The Morgan fingerprint density at radius 3 is 2.94 bits per heavy atom. The number of rotatable bonds is 3. The Kier molecular flexibility index (Phi) is 4.66. The molecule has 0 aromatic heterocycles. The molecule has 2 rings (SSSR count). The molecule has 3 atom stereocenters. The predicted octanol–water partition coefficient (Wildman–Crippen LogP) is 3.46. The summed E-state index contributed by atoms with van der Waals surface area (Å²) in [4.78, 5) is 0. The van der Waals surface area contributed by atoms with Gasteiger partial charge in [0, 0.05) is 11.1 Å². The minimum absolute atomic E-state index is 0.155. The zero-order chi connectivity index (χ0) is 13.1. The summed E-state index contributed by atoms with van der Waals surface area (Å²) in [7, 11) is 0. The molecule has 0 radical (unpaired) electrons. The van der Waals surface area contributed by atoms with Crippen LogP contribution in [-0.2, 0) is 0 Å². The van der Waals surface area contributed by atoms with Gasteiger partial charge in [-0.3, -0.25) is 0 Å². The van der Waals surface area contributed by atoms with Crippen LogP contribution in [0.15, 0.2) is 18.2 Å². The van der Waals surface area contributed by atoms with E-state index in [2.05, 4.69) is 12.2 Å². The standard InChI is InChI=1S/C15H22ClNO/c1-3-11-6-7-17-14(8-11)15(18)12-5-4-10(2)13(16)9-12/h4-5,9,11,14-15,17-18H,3,6-8H2,1-2H3. The Balaban J connectivity index is 2.10. The summed E-state index contributed by atoms with van der Waals surface area (Å²) in [5, 5.41) is 14.6. The number of aliphatic hydroxyl groups is 1. The smallest absolute Gasteiger partial charge is 0.0943 e.